The summed E-state index contributed by atoms with van der Waals surface area (Å²) >= 11 is 0. The lowest BCUT2D eigenvalue weighted by atomic mass is 10.2. The molecule has 7 nitrogen and oxygen atoms in total. The Morgan fingerprint density at radius 1 is 0.815 bits per heavy atom. The second-order valence-electron chi connectivity index (χ2n) is 6.58. The van der Waals surface area contributed by atoms with Gasteiger partial charge < -0.3 is 19.8 Å². The quantitative estimate of drug-likeness (QED) is 0.532. The summed E-state index contributed by atoms with van der Waals surface area (Å²) in [6, 6.07) is 0. The third-order valence-electron chi connectivity index (χ3n) is 3.26. The summed E-state index contributed by atoms with van der Waals surface area (Å²) in [4.78, 5) is 32.9. The van der Waals surface area contributed by atoms with Crippen LogP contribution in [0.4, 0.5) is 0 Å². The molecular weight excluding hydrogens is 350 g/mol. The van der Waals surface area contributed by atoms with Crippen molar-refractivity contribution in [3.05, 3.63) is 34.4 Å². The number of carbonyl (C=O) groups is 3. The highest BCUT2D eigenvalue weighted by molar-refractivity contribution is 5.87. The molecule has 0 saturated heterocycles. The van der Waals surface area contributed by atoms with E-state index in [1.165, 1.54) is 0 Å². The molecule has 0 aliphatic rings. The number of hydrogen-bond donors (Lipinski definition) is 2. The molecule has 0 atom stereocenters. The van der Waals surface area contributed by atoms with Crippen molar-refractivity contribution in [2.75, 3.05) is 27.2 Å². The number of esters is 1. The summed E-state index contributed by atoms with van der Waals surface area (Å²) in [5, 5.41) is 16.6. The first kappa shape index (κ1) is 29.4. The average molecular weight is 386 g/mol. The van der Waals surface area contributed by atoms with Crippen LogP contribution in [-0.4, -0.2) is 60.3 Å². The fourth-order valence-electron chi connectivity index (χ4n) is 0.872. The maximum absolute atomic E-state index is 10.8. The number of likely N-dealkylation sites (N-methyl/N-ethyl adjacent to an activating group) is 1. The largest absolute Gasteiger partial charge is 0.478 e. The first-order valence-corrected chi connectivity index (χ1v) is 8.37. The van der Waals surface area contributed by atoms with E-state index in [1.54, 1.807) is 48.5 Å². The maximum atomic E-state index is 10.8. The monoisotopic (exact) mass is 385 g/mol. The van der Waals surface area contributed by atoms with E-state index >= 15 is 0 Å². The molecule has 0 bridgehead atoms. The number of hydrogen-bond acceptors (Lipinski definition) is 5. The van der Waals surface area contributed by atoms with Crippen LogP contribution in [-0.2, 0) is 19.1 Å². The van der Waals surface area contributed by atoms with Crippen molar-refractivity contribution >= 4 is 17.9 Å². The van der Waals surface area contributed by atoms with Crippen LogP contribution >= 0.6 is 0 Å². The lowest BCUT2D eigenvalue weighted by Gasteiger charge is -2.09. The highest BCUT2D eigenvalue weighted by Crippen LogP contribution is 2.00. The summed E-state index contributed by atoms with van der Waals surface area (Å²) in [6.07, 6.45) is 0. The van der Waals surface area contributed by atoms with Crippen molar-refractivity contribution in [1.29, 1.82) is 0 Å². The second kappa shape index (κ2) is 15.8. The number of ether oxygens (including phenoxy) is 1. The van der Waals surface area contributed by atoms with E-state index in [0.717, 1.165) is 17.7 Å². The number of nitrogens with zero attached hydrogens (tertiary/aromatic N) is 1. The summed E-state index contributed by atoms with van der Waals surface area (Å²) in [6.45, 7) is 16.6. The van der Waals surface area contributed by atoms with Crippen molar-refractivity contribution in [3.63, 3.8) is 0 Å². The van der Waals surface area contributed by atoms with Crippen LogP contribution in [0.25, 0.3) is 0 Å². The third kappa shape index (κ3) is 19.8. The van der Waals surface area contributed by atoms with Gasteiger partial charge in [0, 0.05) is 23.3 Å². The molecule has 0 aromatic heterocycles. The zero-order chi connectivity index (χ0) is 22.3. The van der Waals surface area contributed by atoms with Gasteiger partial charge in [0.1, 0.15) is 6.61 Å². The molecule has 0 aliphatic carbocycles. The SMILES string of the molecule is C=C(C)C(=O)OCCN(C)C.CC(C)=C(C)C(=O)O.CC(C)=C(C)C(=O)O. The molecule has 0 aromatic rings. The molecule has 0 fully saturated rings. The molecule has 7 heteroatoms. The van der Waals surface area contributed by atoms with Crippen LogP contribution in [0, 0.1) is 0 Å². The minimum atomic E-state index is -0.829. The Labute approximate surface area is 163 Å². The van der Waals surface area contributed by atoms with E-state index in [1.807, 2.05) is 19.0 Å². The van der Waals surface area contributed by atoms with E-state index in [2.05, 4.69) is 6.58 Å². The fraction of sp³-hybridized carbons (Fsp3) is 0.550. The van der Waals surface area contributed by atoms with Crippen molar-refractivity contribution < 1.29 is 29.3 Å². The van der Waals surface area contributed by atoms with Gasteiger partial charge in [-0.15, -0.1) is 0 Å². The Balaban J connectivity index is -0.000000327. The number of rotatable bonds is 6. The normalized spacial score (nSPS) is 8.96. The molecule has 27 heavy (non-hydrogen) atoms. The van der Waals surface area contributed by atoms with Crippen molar-refractivity contribution in [2.24, 2.45) is 0 Å². The molecule has 2 N–H and O–H groups in total. The molecule has 156 valence electrons. The molecular formula is C20H35NO6. The minimum absolute atomic E-state index is 0.313. The van der Waals surface area contributed by atoms with E-state index < -0.39 is 11.9 Å². The van der Waals surface area contributed by atoms with Crippen LogP contribution < -0.4 is 0 Å². The van der Waals surface area contributed by atoms with Crippen LogP contribution in [0.15, 0.2) is 34.4 Å². The van der Waals surface area contributed by atoms with Gasteiger partial charge >= 0.3 is 17.9 Å². The van der Waals surface area contributed by atoms with Crippen molar-refractivity contribution in [3.8, 4) is 0 Å². The summed E-state index contributed by atoms with van der Waals surface area (Å²) < 4.78 is 4.83. The minimum Gasteiger partial charge on any atom is -0.478 e. The lowest BCUT2D eigenvalue weighted by molar-refractivity contribution is -0.139. The molecule has 0 radical (unpaired) electrons. The Bertz CT molecular complexity index is 543. The summed E-state index contributed by atoms with van der Waals surface area (Å²) in [5.41, 5.74) is 3.04. The molecule has 0 rings (SSSR count). The second-order valence-corrected chi connectivity index (χ2v) is 6.58. The Hall–Kier alpha value is -2.41. The molecule has 0 spiro atoms. The van der Waals surface area contributed by atoms with Gasteiger partial charge in [0.25, 0.3) is 0 Å². The zero-order valence-corrected chi connectivity index (χ0v) is 18.1. The third-order valence-corrected chi connectivity index (χ3v) is 3.26. The lowest BCUT2D eigenvalue weighted by Crippen LogP contribution is -2.20. The average Bonchev–Trinajstić information content (AvgIpc) is 2.53. The molecule has 0 aliphatic heterocycles. The molecule has 0 amide bonds. The molecule has 0 aromatic carbocycles. The van der Waals surface area contributed by atoms with Gasteiger partial charge in [-0.3, -0.25) is 0 Å². The Morgan fingerprint density at radius 2 is 1.15 bits per heavy atom. The summed E-state index contributed by atoms with van der Waals surface area (Å²) in [7, 11) is 3.85. The van der Waals surface area contributed by atoms with E-state index in [4.69, 9.17) is 14.9 Å². The number of carbonyl (C=O) groups excluding carboxylic acids is 1. The predicted molar refractivity (Wildman–Crippen MR) is 108 cm³/mol. The maximum Gasteiger partial charge on any atom is 0.333 e. The van der Waals surface area contributed by atoms with E-state index in [0.29, 0.717) is 23.3 Å². The van der Waals surface area contributed by atoms with Crippen LogP contribution in [0.2, 0.25) is 0 Å². The number of carboxylic acid groups (broad SMARTS) is 2. The van der Waals surface area contributed by atoms with Crippen LogP contribution in [0.5, 0.6) is 0 Å². The first-order valence-electron chi connectivity index (χ1n) is 8.37. The molecule has 0 heterocycles. The topological polar surface area (TPSA) is 104 Å². The van der Waals surface area contributed by atoms with Gasteiger partial charge in [-0.25, -0.2) is 14.4 Å². The molecule has 0 saturated carbocycles. The van der Waals surface area contributed by atoms with Crippen molar-refractivity contribution in [2.45, 2.75) is 48.5 Å². The standard InChI is InChI=1S/C8H15NO2.2C6H10O2/c1-7(2)8(10)11-6-5-9(3)4;2*1-4(2)5(3)6(7)8/h1,5-6H2,2-4H3;2*1-3H3,(H,7,8). The molecule has 0 unspecified atom stereocenters. The number of allylic oxidation sites excluding steroid dienone is 2. The number of carboxylic acids is 2. The highest BCUT2D eigenvalue weighted by atomic mass is 16.5. The van der Waals surface area contributed by atoms with E-state index in [9.17, 15) is 14.4 Å². The Kier molecular flexibility index (Phi) is 17.2. The van der Waals surface area contributed by atoms with E-state index in [-0.39, 0.29) is 5.97 Å². The predicted octanol–water partition coefficient (Wildman–Crippen LogP) is 3.52. The summed E-state index contributed by atoms with van der Waals surface area (Å²) in [5.74, 6) is -1.97. The van der Waals surface area contributed by atoms with Gasteiger partial charge in [0.05, 0.1) is 0 Å². The van der Waals surface area contributed by atoms with Gasteiger partial charge in [-0.05, 0) is 62.6 Å². The van der Waals surface area contributed by atoms with Gasteiger partial charge in [0.2, 0.25) is 0 Å². The van der Waals surface area contributed by atoms with Gasteiger partial charge in [-0.2, -0.15) is 0 Å². The fourth-order valence-corrected chi connectivity index (χ4v) is 0.872. The van der Waals surface area contributed by atoms with Gasteiger partial charge in [0.15, 0.2) is 0 Å². The number of aliphatic carboxylic acids is 2. The zero-order valence-electron chi connectivity index (χ0n) is 18.1. The Morgan fingerprint density at radius 3 is 1.30 bits per heavy atom. The van der Waals surface area contributed by atoms with Crippen LogP contribution in [0.1, 0.15) is 48.5 Å². The van der Waals surface area contributed by atoms with Gasteiger partial charge in [-0.1, -0.05) is 17.7 Å². The highest BCUT2D eigenvalue weighted by Gasteiger charge is 2.02. The van der Waals surface area contributed by atoms with Crippen LogP contribution in [0.3, 0.4) is 0 Å². The smallest absolute Gasteiger partial charge is 0.333 e. The van der Waals surface area contributed by atoms with Crippen molar-refractivity contribution in [1.82, 2.24) is 4.90 Å². The first-order chi connectivity index (χ1) is 12.1.